The second-order valence-corrected chi connectivity index (χ2v) is 4.87. The molecule has 17 heavy (non-hydrogen) atoms. The number of rotatable bonds is 1. The summed E-state index contributed by atoms with van der Waals surface area (Å²) in [6, 6.07) is 2.26. The van der Waals surface area contributed by atoms with E-state index in [0.717, 1.165) is 6.07 Å². The standard InChI is InChI=1S/C12H14F3NO/c1-7-5-6-8(10(14)9(7)13)16(15)11(17)12(2,3)4/h5-6H,1-4H3. The van der Waals surface area contributed by atoms with Gasteiger partial charge in [0.2, 0.25) is 0 Å². The minimum Gasteiger partial charge on any atom is -0.271 e. The van der Waals surface area contributed by atoms with Crippen LogP contribution in [0.2, 0.25) is 0 Å². The Morgan fingerprint density at radius 1 is 1.18 bits per heavy atom. The average molecular weight is 245 g/mol. The first-order valence-corrected chi connectivity index (χ1v) is 5.11. The van der Waals surface area contributed by atoms with Crippen LogP contribution < -0.4 is 5.12 Å². The lowest BCUT2D eigenvalue weighted by atomic mass is 9.95. The molecule has 1 rings (SSSR count). The fourth-order valence-corrected chi connectivity index (χ4v) is 1.19. The zero-order chi connectivity index (χ0) is 13.4. The van der Waals surface area contributed by atoms with E-state index in [9.17, 15) is 18.1 Å². The monoisotopic (exact) mass is 245 g/mol. The summed E-state index contributed by atoms with van der Waals surface area (Å²) in [6.07, 6.45) is 0. The fourth-order valence-electron chi connectivity index (χ4n) is 1.19. The summed E-state index contributed by atoms with van der Waals surface area (Å²) >= 11 is 0. The first kappa shape index (κ1) is 13.5. The van der Waals surface area contributed by atoms with E-state index in [1.165, 1.54) is 33.8 Å². The number of anilines is 1. The Kier molecular flexibility index (Phi) is 3.50. The van der Waals surface area contributed by atoms with E-state index >= 15 is 0 Å². The summed E-state index contributed by atoms with van der Waals surface area (Å²) in [5.41, 5.74) is -1.65. The molecule has 1 aromatic carbocycles. The maximum atomic E-state index is 13.7. The van der Waals surface area contributed by atoms with Crippen molar-refractivity contribution in [1.82, 2.24) is 0 Å². The zero-order valence-electron chi connectivity index (χ0n) is 10.1. The van der Waals surface area contributed by atoms with Crippen molar-refractivity contribution in [1.29, 1.82) is 0 Å². The molecule has 5 heteroatoms. The lowest BCUT2D eigenvalue weighted by Gasteiger charge is -2.22. The number of hydrogen-bond donors (Lipinski definition) is 0. The van der Waals surface area contributed by atoms with Crippen molar-refractivity contribution in [2.45, 2.75) is 27.7 Å². The van der Waals surface area contributed by atoms with Crippen LogP contribution in [0.5, 0.6) is 0 Å². The molecule has 0 radical (unpaired) electrons. The Morgan fingerprint density at radius 2 is 1.71 bits per heavy atom. The van der Waals surface area contributed by atoms with Gasteiger partial charge in [-0.3, -0.25) is 4.79 Å². The number of carbonyl (C=O) groups excluding carboxylic acids is 1. The van der Waals surface area contributed by atoms with Gasteiger partial charge >= 0.3 is 0 Å². The van der Waals surface area contributed by atoms with E-state index in [4.69, 9.17) is 0 Å². The third kappa shape index (κ3) is 2.60. The summed E-state index contributed by atoms with van der Waals surface area (Å²) in [5.74, 6) is -3.43. The quantitative estimate of drug-likeness (QED) is 0.693. The Balaban J connectivity index is 3.19. The van der Waals surface area contributed by atoms with Crippen molar-refractivity contribution in [2.24, 2.45) is 5.41 Å². The van der Waals surface area contributed by atoms with Crippen molar-refractivity contribution in [3.05, 3.63) is 29.3 Å². The molecule has 0 aliphatic rings. The Hall–Kier alpha value is -1.52. The van der Waals surface area contributed by atoms with Gasteiger partial charge in [-0.15, -0.1) is 5.12 Å². The van der Waals surface area contributed by atoms with Crippen LogP contribution in [-0.2, 0) is 4.79 Å². The van der Waals surface area contributed by atoms with E-state index < -0.39 is 28.6 Å². The van der Waals surface area contributed by atoms with Crippen molar-refractivity contribution in [3.63, 3.8) is 0 Å². The lowest BCUT2D eigenvalue weighted by molar-refractivity contribution is -0.128. The van der Waals surface area contributed by atoms with Gasteiger partial charge in [0.25, 0.3) is 5.91 Å². The highest BCUT2D eigenvalue weighted by molar-refractivity contribution is 5.95. The maximum Gasteiger partial charge on any atom is 0.260 e. The van der Waals surface area contributed by atoms with Crippen molar-refractivity contribution in [2.75, 3.05) is 5.12 Å². The summed E-state index contributed by atoms with van der Waals surface area (Å²) < 4.78 is 40.4. The first-order chi connectivity index (χ1) is 7.66. The van der Waals surface area contributed by atoms with Gasteiger partial charge in [-0.1, -0.05) is 31.3 Å². The summed E-state index contributed by atoms with van der Waals surface area (Å²) in [4.78, 5) is 11.6. The van der Waals surface area contributed by atoms with Crippen LogP contribution in [0, 0.1) is 24.0 Å². The molecule has 0 aliphatic carbocycles. The molecular weight excluding hydrogens is 231 g/mol. The summed E-state index contributed by atoms with van der Waals surface area (Å²) in [5, 5.41) is -0.349. The van der Waals surface area contributed by atoms with Crippen LogP contribution in [-0.4, -0.2) is 5.91 Å². The molecule has 94 valence electrons. The van der Waals surface area contributed by atoms with Gasteiger partial charge in [-0.25, -0.2) is 8.78 Å². The number of amides is 1. The molecule has 0 aliphatic heterocycles. The van der Waals surface area contributed by atoms with Gasteiger partial charge < -0.3 is 0 Å². The average Bonchev–Trinajstić information content (AvgIpc) is 2.23. The summed E-state index contributed by atoms with van der Waals surface area (Å²) in [7, 11) is 0. The smallest absolute Gasteiger partial charge is 0.260 e. The Bertz CT molecular complexity index is 452. The second-order valence-electron chi connectivity index (χ2n) is 4.87. The van der Waals surface area contributed by atoms with Gasteiger partial charge in [0, 0.05) is 5.41 Å². The second kappa shape index (κ2) is 4.39. The molecular formula is C12H14F3NO. The molecule has 0 bridgehead atoms. The number of aryl methyl sites for hydroxylation is 1. The van der Waals surface area contributed by atoms with Gasteiger partial charge in [0.05, 0.1) is 0 Å². The van der Waals surface area contributed by atoms with E-state index in [1.54, 1.807) is 0 Å². The Labute approximate surface area is 98.0 Å². The number of hydrogen-bond acceptors (Lipinski definition) is 1. The van der Waals surface area contributed by atoms with Crippen molar-refractivity contribution in [3.8, 4) is 0 Å². The number of halogens is 3. The molecule has 0 saturated carbocycles. The molecule has 0 fully saturated rings. The van der Waals surface area contributed by atoms with Gasteiger partial charge in [-0.05, 0) is 18.6 Å². The van der Waals surface area contributed by atoms with Gasteiger partial charge in [0.1, 0.15) is 5.69 Å². The predicted octanol–water partition coefficient (Wildman–Crippen LogP) is 3.54. The first-order valence-electron chi connectivity index (χ1n) is 5.11. The molecule has 1 amide bonds. The van der Waals surface area contributed by atoms with Crippen LogP contribution >= 0.6 is 0 Å². The largest absolute Gasteiger partial charge is 0.271 e. The molecule has 0 spiro atoms. The topological polar surface area (TPSA) is 20.3 Å². The molecule has 0 atom stereocenters. The number of nitrogens with zero attached hydrogens (tertiary/aromatic N) is 1. The third-order valence-electron chi connectivity index (χ3n) is 2.29. The third-order valence-corrected chi connectivity index (χ3v) is 2.29. The molecule has 2 nitrogen and oxygen atoms in total. The molecule has 0 N–H and O–H groups in total. The van der Waals surface area contributed by atoms with E-state index in [-0.39, 0.29) is 10.7 Å². The van der Waals surface area contributed by atoms with E-state index in [2.05, 4.69) is 0 Å². The van der Waals surface area contributed by atoms with Gasteiger partial charge in [-0.2, -0.15) is 0 Å². The SMILES string of the molecule is Cc1ccc(N(F)C(=O)C(C)(C)C)c(F)c1F. The highest BCUT2D eigenvalue weighted by Gasteiger charge is 2.31. The minimum atomic E-state index is -1.36. The highest BCUT2D eigenvalue weighted by atomic mass is 19.2. The van der Waals surface area contributed by atoms with Crippen molar-refractivity contribution >= 4 is 11.6 Å². The fraction of sp³-hybridized carbons (Fsp3) is 0.417. The van der Waals surface area contributed by atoms with Crippen LogP contribution in [0.1, 0.15) is 26.3 Å². The van der Waals surface area contributed by atoms with Crippen LogP contribution in [0.3, 0.4) is 0 Å². The normalized spacial score (nSPS) is 11.5. The highest BCUT2D eigenvalue weighted by Crippen LogP contribution is 2.28. The molecule has 0 saturated heterocycles. The van der Waals surface area contributed by atoms with Gasteiger partial charge in [0.15, 0.2) is 11.6 Å². The number of carbonyl (C=O) groups is 1. The van der Waals surface area contributed by atoms with E-state index in [1.807, 2.05) is 0 Å². The van der Waals surface area contributed by atoms with Crippen LogP contribution in [0.15, 0.2) is 12.1 Å². The molecule has 1 aromatic rings. The van der Waals surface area contributed by atoms with E-state index in [0.29, 0.717) is 0 Å². The molecule has 0 unspecified atom stereocenters. The molecule has 0 aromatic heterocycles. The minimum absolute atomic E-state index is 0.0582. The number of benzene rings is 1. The Morgan fingerprint density at radius 3 is 2.18 bits per heavy atom. The van der Waals surface area contributed by atoms with Crippen molar-refractivity contribution < 1.29 is 18.1 Å². The zero-order valence-corrected chi connectivity index (χ0v) is 10.1. The summed E-state index contributed by atoms with van der Waals surface area (Å²) in [6.45, 7) is 5.83. The maximum absolute atomic E-state index is 13.7. The van der Waals surface area contributed by atoms with Crippen LogP contribution in [0.4, 0.5) is 18.9 Å². The van der Waals surface area contributed by atoms with Crippen LogP contribution in [0.25, 0.3) is 0 Å². The predicted molar refractivity (Wildman–Crippen MR) is 59.1 cm³/mol. The lowest BCUT2D eigenvalue weighted by Crippen LogP contribution is -2.34. The molecule has 0 heterocycles.